The van der Waals surface area contributed by atoms with Crippen LogP contribution in [0.5, 0.6) is 5.88 Å². The van der Waals surface area contributed by atoms with Gasteiger partial charge in [-0.3, -0.25) is 9.52 Å². The number of aromatic nitrogens is 3. The molecule has 10 nitrogen and oxygen atoms in total. The second kappa shape index (κ2) is 11.0. The third-order valence-electron chi connectivity index (χ3n) is 6.53. The van der Waals surface area contributed by atoms with Gasteiger partial charge in [0.15, 0.2) is 4.90 Å². The molecule has 212 valence electrons. The molecule has 1 aliphatic rings. The van der Waals surface area contributed by atoms with Crippen molar-refractivity contribution in [2.75, 3.05) is 42.9 Å². The largest absolute Gasteiger partial charge is 0.480 e. The molecule has 0 atom stereocenters. The van der Waals surface area contributed by atoms with Crippen molar-refractivity contribution >= 4 is 38.3 Å². The van der Waals surface area contributed by atoms with Crippen molar-refractivity contribution in [3.05, 3.63) is 79.0 Å². The predicted molar refractivity (Wildman–Crippen MR) is 145 cm³/mol. The van der Waals surface area contributed by atoms with Crippen molar-refractivity contribution in [2.24, 2.45) is 0 Å². The number of carbonyl (C=O) groups excluding carboxylic acids is 1. The Morgan fingerprint density at radius 3 is 2.37 bits per heavy atom. The summed E-state index contributed by atoms with van der Waals surface area (Å²) in [6.07, 6.45) is 4.18. The third kappa shape index (κ3) is 5.50. The highest BCUT2D eigenvalue weighted by atomic mass is 32.2. The number of piperazine rings is 1. The van der Waals surface area contributed by atoms with Gasteiger partial charge in [0.25, 0.3) is 10.0 Å². The average Bonchev–Trinajstić information content (AvgIpc) is 2.95. The summed E-state index contributed by atoms with van der Waals surface area (Å²) >= 11 is 0. The molecule has 4 aromatic rings. The van der Waals surface area contributed by atoms with E-state index in [0.717, 1.165) is 0 Å². The Kier molecular flexibility index (Phi) is 7.49. The van der Waals surface area contributed by atoms with Crippen molar-refractivity contribution in [1.29, 1.82) is 0 Å². The molecule has 1 aliphatic heterocycles. The average molecular weight is 585 g/mol. The van der Waals surface area contributed by atoms with Crippen molar-refractivity contribution in [1.82, 2.24) is 19.9 Å². The topological polar surface area (TPSA) is 118 Å². The minimum Gasteiger partial charge on any atom is -0.480 e. The maximum atomic E-state index is 14.3. The van der Waals surface area contributed by atoms with Gasteiger partial charge in [-0.15, -0.1) is 0 Å². The van der Waals surface area contributed by atoms with E-state index in [1.165, 1.54) is 31.8 Å². The van der Waals surface area contributed by atoms with Crippen LogP contribution in [0.3, 0.4) is 0 Å². The molecule has 1 fully saturated rings. The molecule has 5 rings (SSSR count). The van der Waals surface area contributed by atoms with Crippen molar-refractivity contribution in [3.8, 4) is 17.0 Å². The number of hydrogen-bond acceptors (Lipinski definition) is 8. The van der Waals surface area contributed by atoms with E-state index in [1.807, 2.05) is 11.0 Å². The van der Waals surface area contributed by atoms with Crippen LogP contribution in [0, 0.1) is 17.5 Å². The first-order valence-electron chi connectivity index (χ1n) is 12.2. The van der Waals surface area contributed by atoms with Gasteiger partial charge in [-0.1, -0.05) is 12.6 Å². The summed E-state index contributed by atoms with van der Waals surface area (Å²) < 4.78 is 74.9. The number of nitrogens with one attached hydrogen (secondary N) is 1. The summed E-state index contributed by atoms with van der Waals surface area (Å²) in [7, 11) is -3.59. The Balaban J connectivity index is 1.50. The van der Waals surface area contributed by atoms with Crippen molar-refractivity contribution in [3.63, 3.8) is 0 Å². The highest BCUT2D eigenvalue weighted by Gasteiger charge is 2.27. The van der Waals surface area contributed by atoms with Crippen LogP contribution in [0.25, 0.3) is 22.0 Å². The van der Waals surface area contributed by atoms with E-state index >= 15 is 0 Å². The molecule has 2 aromatic heterocycles. The van der Waals surface area contributed by atoms with Crippen LogP contribution in [0.2, 0.25) is 0 Å². The zero-order valence-electron chi connectivity index (χ0n) is 21.6. The van der Waals surface area contributed by atoms with Crippen molar-refractivity contribution < 1.29 is 31.1 Å². The lowest BCUT2D eigenvalue weighted by atomic mass is 10.0. The Hall–Kier alpha value is -4.72. The molecule has 0 bridgehead atoms. The SMILES string of the molecule is C=CC(=O)N1CCN(c2ncnc3ccc(-c4cnc(OC)c(NS(=O)(=O)c5c(F)cc(F)cc5F)c4)cc23)CC1. The van der Waals surface area contributed by atoms with Crippen LogP contribution in [0.1, 0.15) is 0 Å². The van der Waals surface area contributed by atoms with Crippen molar-refractivity contribution in [2.45, 2.75) is 4.90 Å². The first-order valence-corrected chi connectivity index (χ1v) is 13.7. The zero-order valence-corrected chi connectivity index (χ0v) is 22.5. The van der Waals surface area contributed by atoms with E-state index in [9.17, 15) is 26.4 Å². The number of benzene rings is 2. The molecule has 0 unspecified atom stereocenters. The van der Waals surface area contributed by atoms with E-state index in [1.54, 1.807) is 17.0 Å². The summed E-state index contributed by atoms with van der Waals surface area (Å²) in [6.45, 7) is 5.61. The molecule has 2 aromatic carbocycles. The van der Waals surface area contributed by atoms with Crippen LogP contribution in [0.4, 0.5) is 24.7 Å². The van der Waals surface area contributed by atoms with E-state index in [0.29, 0.717) is 54.0 Å². The van der Waals surface area contributed by atoms with Crippen LogP contribution in [-0.4, -0.2) is 67.5 Å². The van der Waals surface area contributed by atoms with Gasteiger partial charge in [-0.25, -0.2) is 36.5 Å². The van der Waals surface area contributed by atoms with Crippen LogP contribution >= 0.6 is 0 Å². The summed E-state index contributed by atoms with van der Waals surface area (Å²) in [5.74, 6) is -4.07. The van der Waals surface area contributed by atoms with E-state index < -0.39 is 32.4 Å². The Labute approximate surface area is 233 Å². The van der Waals surface area contributed by atoms with Gasteiger partial charge in [0.2, 0.25) is 11.8 Å². The normalized spacial score (nSPS) is 13.8. The molecular formula is C27H23F3N6O4S. The number of pyridine rings is 1. The molecule has 1 amide bonds. The second-order valence-electron chi connectivity index (χ2n) is 9.03. The van der Waals surface area contributed by atoms with Gasteiger partial charge in [0.1, 0.15) is 35.3 Å². The van der Waals surface area contributed by atoms with Crippen LogP contribution in [0.15, 0.2) is 66.5 Å². The zero-order chi connectivity index (χ0) is 29.3. The minimum atomic E-state index is -4.84. The van der Waals surface area contributed by atoms with Gasteiger partial charge in [0.05, 0.1) is 12.6 Å². The molecular weight excluding hydrogens is 561 g/mol. The number of sulfonamides is 1. The quantitative estimate of drug-likeness (QED) is 0.327. The van der Waals surface area contributed by atoms with Gasteiger partial charge in [-0.05, 0) is 29.8 Å². The molecule has 1 saturated heterocycles. The standard InChI is InChI=1S/C27H23F3N6O4S/c1-3-24(37)35-6-8-36(9-7-35)26-19-10-16(4-5-22(19)32-15-33-26)17-11-23(27(40-2)31-14-17)34-41(38,39)25-20(29)12-18(28)13-21(25)30/h3-5,10-15,34H,1,6-9H2,2H3. The molecule has 41 heavy (non-hydrogen) atoms. The number of amides is 1. The molecule has 0 spiro atoms. The molecule has 3 heterocycles. The first kappa shape index (κ1) is 27.8. The highest BCUT2D eigenvalue weighted by molar-refractivity contribution is 7.92. The lowest BCUT2D eigenvalue weighted by Crippen LogP contribution is -2.48. The minimum absolute atomic E-state index is 0.136. The van der Waals surface area contributed by atoms with Crippen LogP contribution in [-0.2, 0) is 14.8 Å². The smallest absolute Gasteiger partial charge is 0.267 e. The summed E-state index contributed by atoms with van der Waals surface area (Å²) in [4.78, 5) is 27.3. The maximum absolute atomic E-state index is 14.3. The van der Waals surface area contributed by atoms with E-state index in [2.05, 4.69) is 26.3 Å². The molecule has 1 N–H and O–H groups in total. The van der Waals surface area contributed by atoms with Gasteiger partial charge in [0, 0.05) is 55.5 Å². The summed E-state index contributed by atoms with van der Waals surface area (Å²) in [5.41, 5.74) is 1.53. The highest BCUT2D eigenvalue weighted by Crippen LogP contribution is 2.34. The number of halogens is 3. The monoisotopic (exact) mass is 584 g/mol. The maximum Gasteiger partial charge on any atom is 0.267 e. The van der Waals surface area contributed by atoms with Crippen LogP contribution < -0.4 is 14.4 Å². The molecule has 14 heteroatoms. The fraction of sp³-hybridized carbons (Fsp3) is 0.185. The number of fused-ring (bicyclic) bond motifs is 1. The fourth-order valence-electron chi connectivity index (χ4n) is 4.57. The Morgan fingerprint density at radius 1 is 1.00 bits per heavy atom. The molecule has 0 radical (unpaired) electrons. The van der Waals surface area contributed by atoms with Gasteiger partial charge in [-0.2, -0.15) is 0 Å². The molecule has 0 aliphatic carbocycles. The number of anilines is 2. The number of methoxy groups -OCH3 is 1. The van der Waals surface area contributed by atoms with Gasteiger partial charge >= 0.3 is 0 Å². The lowest BCUT2D eigenvalue weighted by molar-refractivity contribution is -0.126. The van der Waals surface area contributed by atoms with Gasteiger partial charge < -0.3 is 14.5 Å². The lowest BCUT2D eigenvalue weighted by Gasteiger charge is -2.35. The summed E-state index contributed by atoms with van der Waals surface area (Å²) in [6, 6.07) is 7.27. The first-order chi connectivity index (χ1) is 19.6. The fourth-order valence-corrected chi connectivity index (χ4v) is 5.74. The number of ether oxygens (including phenoxy) is 1. The molecule has 0 saturated carbocycles. The Morgan fingerprint density at radius 2 is 1.71 bits per heavy atom. The van der Waals surface area contributed by atoms with E-state index in [4.69, 9.17) is 4.74 Å². The number of rotatable bonds is 7. The predicted octanol–water partition coefficient (Wildman–Crippen LogP) is 3.75. The number of hydrogen-bond donors (Lipinski definition) is 1. The van der Waals surface area contributed by atoms with E-state index in [-0.39, 0.29) is 29.6 Å². The second-order valence-corrected chi connectivity index (χ2v) is 10.6. The Bertz CT molecular complexity index is 1760. The number of nitrogens with zero attached hydrogens (tertiary/aromatic N) is 5. The third-order valence-corrected chi connectivity index (χ3v) is 7.95. The number of carbonyl (C=O) groups is 1. The summed E-state index contributed by atoms with van der Waals surface area (Å²) in [5, 5.41) is 0.710.